The normalized spacial score (nSPS) is 19.5. The zero-order chi connectivity index (χ0) is 19.7. The summed E-state index contributed by atoms with van der Waals surface area (Å²) >= 11 is 0. The quantitative estimate of drug-likeness (QED) is 0.765. The number of piperidine rings is 1. The van der Waals surface area contributed by atoms with Crippen LogP contribution in [0.4, 0.5) is 0 Å². The summed E-state index contributed by atoms with van der Waals surface area (Å²) in [5.41, 5.74) is 2.85. The van der Waals surface area contributed by atoms with Crippen molar-refractivity contribution in [3.8, 4) is 0 Å². The van der Waals surface area contributed by atoms with Gasteiger partial charge in [-0.15, -0.1) is 0 Å². The van der Waals surface area contributed by atoms with E-state index in [4.69, 9.17) is 0 Å². The number of pyridine rings is 1. The van der Waals surface area contributed by atoms with Gasteiger partial charge in [0.05, 0.1) is 5.69 Å². The first kappa shape index (κ1) is 18.9. The van der Waals surface area contributed by atoms with Crippen LogP contribution in [0.2, 0.25) is 0 Å². The highest BCUT2D eigenvalue weighted by Crippen LogP contribution is 2.41. The molecule has 0 saturated carbocycles. The van der Waals surface area contributed by atoms with Crippen LogP contribution in [0.3, 0.4) is 0 Å². The minimum absolute atomic E-state index is 0.0367. The Hall–Kier alpha value is -2.47. The molecule has 2 saturated heterocycles. The van der Waals surface area contributed by atoms with Crippen molar-refractivity contribution in [2.75, 3.05) is 26.2 Å². The highest BCUT2D eigenvalue weighted by molar-refractivity contribution is 5.79. The lowest BCUT2D eigenvalue weighted by molar-refractivity contribution is -0.127. The molecule has 4 heterocycles. The van der Waals surface area contributed by atoms with E-state index in [9.17, 15) is 9.59 Å². The molecule has 1 amide bonds. The van der Waals surface area contributed by atoms with Crippen molar-refractivity contribution in [1.29, 1.82) is 0 Å². The molecule has 0 bridgehead atoms. The molecule has 2 aliphatic heterocycles. The van der Waals surface area contributed by atoms with Crippen LogP contribution >= 0.6 is 0 Å². The van der Waals surface area contributed by atoms with Crippen LogP contribution in [0.25, 0.3) is 5.65 Å². The van der Waals surface area contributed by atoms with E-state index >= 15 is 0 Å². The lowest BCUT2D eigenvalue weighted by Crippen LogP contribution is -2.41. The Bertz CT molecular complexity index is 966. The van der Waals surface area contributed by atoms with Gasteiger partial charge in [0.1, 0.15) is 5.65 Å². The molecule has 2 aliphatic rings. The molecule has 6 nitrogen and oxygen atoms in total. The number of aromatic nitrogens is 2. The largest absolute Gasteiger partial charge is 0.338 e. The minimum Gasteiger partial charge on any atom is -0.338 e. The zero-order valence-electron chi connectivity index (χ0n) is 16.7. The van der Waals surface area contributed by atoms with E-state index < -0.39 is 0 Å². The number of hydrogen-bond acceptors (Lipinski definition) is 4. The van der Waals surface area contributed by atoms with E-state index in [2.05, 4.69) is 29.8 Å². The van der Waals surface area contributed by atoms with E-state index in [1.54, 1.807) is 16.7 Å². The SMILES string of the molecule is CC(C)=CCN1CC2(CCN(Cc3cc(=O)n4ccccc4n3)CC2)CC1=O. The molecule has 148 valence electrons. The monoisotopic (exact) mass is 380 g/mol. The Morgan fingerprint density at radius 3 is 2.75 bits per heavy atom. The molecule has 28 heavy (non-hydrogen) atoms. The van der Waals surface area contributed by atoms with Crippen LogP contribution in [0.1, 0.15) is 38.8 Å². The maximum atomic E-state index is 12.4. The second-order valence-corrected chi connectivity index (χ2v) is 8.52. The minimum atomic E-state index is -0.0367. The topological polar surface area (TPSA) is 57.9 Å². The van der Waals surface area contributed by atoms with Gasteiger partial charge in [-0.2, -0.15) is 0 Å². The van der Waals surface area contributed by atoms with E-state index in [1.807, 2.05) is 23.1 Å². The van der Waals surface area contributed by atoms with Gasteiger partial charge in [0.2, 0.25) is 5.91 Å². The maximum Gasteiger partial charge on any atom is 0.258 e. The highest BCUT2D eigenvalue weighted by atomic mass is 16.2. The van der Waals surface area contributed by atoms with Gasteiger partial charge in [-0.1, -0.05) is 17.7 Å². The predicted octanol–water partition coefficient (Wildman–Crippen LogP) is 2.48. The third kappa shape index (κ3) is 3.87. The number of carbonyl (C=O) groups excluding carboxylic acids is 1. The molecule has 4 rings (SSSR count). The molecule has 1 spiro atoms. The van der Waals surface area contributed by atoms with Crippen LogP contribution in [0.5, 0.6) is 0 Å². The van der Waals surface area contributed by atoms with E-state index in [-0.39, 0.29) is 16.9 Å². The van der Waals surface area contributed by atoms with Gasteiger partial charge in [-0.25, -0.2) is 4.98 Å². The van der Waals surface area contributed by atoms with Gasteiger partial charge in [-0.05, 0) is 57.3 Å². The van der Waals surface area contributed by atoms with Crippen molar-refractivity contribution in [2.45, 2.75) is 39.7 Å². The average molecular weight is 380 g/mol. The van der Waals surface area contributed by atoms with E-state index in [0.717, 1.165) is 44.7 Å². The maximum absolute atomic E-state index is 12.4. The predicted molar refractivity (Wildman–Crippen MR) is 109 cm³/mol. The Morgan fingerprint density at radius 2 is 2.00 bits per heavy atom. The molecule has 0 aliphatic carbocycles. The standard InChI is InChI=1S/C22H28N4O2/c1-17(2)6-10-25-16-22(14-21(25)28)7-11-24(12-8-22)15-18-13-20(27)26-9-4-3-5-19(26)23-18/h3-6,9,13H,7-8,10-12,14-16H2,1-2H3. The van der Waals surface area contributed by atoms with Gasteiger partial charge < -0.3 is 4.90 Å². The van der Waals surface area contributed by atoms with Crippen LogP contribution in [0.15, 0.2) is 46.9 Å². The Labute approximate surface area is 165 Å². The molecule has 2 fully saturated rings. The van der Waals surface area contributed by atoms with Crippen LogP contribution in [0, 0.1) is 5.41 Å². The molecular weight excluding hydrogens is 352 g/mol. The first-order valence-corrected chi connectivity index (χ1v) is 10.0. The van der Waals surface area contributed by atoms with Crippen molar-refractivity contribution in [3.05, 3.63) is 58.2 Å². The molecule has 0 N–H and O–H groups in total. The zero-order valence-corrected chi connectivity index (χ0v) is 16.7. The number of fused-ring (bicyclic) bond motifs is 1. The molecule has 2 aromatic rings. The van der Waals surface area contributed by atoms with Gasteiger partial charge in [0, 0.05) is 38.3 Å². The molecular formula is C22H28N4O2. The Balaban J connectivity index is 1.39. The summed E-state index contributed by atoms with van der Waals surface area (Å²) in [6.45, 7) is 8.32. The molecule has 0 radical (unpaired) electrons. The fraction of sp³-hybridized carbons (Fsp3) is 0.500. The van der Waals surface area contributed by atoms with Crippen LogP contribution in [-0.2, 0) is 11.3 Å². The molecule has 0 atom stereocenters. The number of likely N-dealkylation sites (tertiary alicyclic amines) is 2. The number of allylic oxidation sites excluding steroid dienone is 1. The lowest BCUT2D eigenvalue weighted by Gasteiger charge is -2.38. The van der Waals surface area contributed by atoms with Gasteiger partial charge in [0.15, 0.2) is 0 Å². The first-order chi connectivity index (χ1) is 13.4. The van der Waals surface area contributed by atoms with Crippen molar-refractivity contribution in [2.24, 2.45) is 5.41 Å². The van der Waals surface area contributed by atoms with Gasteiger partial charge in [-0.3, -0.25) is 18.9 Å². The molecule has 2 aromatic heterocycles. The number of hydrogen-bond donors (Lipinski definition) is 0. The second kappa shape index (κ2) is 7.51. The van der Waals surface area contributed by atoms with Gasteiger partial charge >= 0.3 is 0 Å². The summed E-state index contributed by atoms with van der Waals surface area (Å²) < 4.78 is 1.57. The summed E-state index contributed by atoms with van der Waals surface area (Å²) in [5, 5.41) is 0. The fourth-order valence-corrected chi connectivity index (χ4v) is 4.37. The highest BCUT2D eigenvalue weighted by Gasteiger charge is 2.44. The van der Waals surface area contributed by atoms with Crippen molar-refractivity contribution < 1.29 is 4.79 Å². The van der Waals surface area contributed by atoms with E-state index in [1.165, 1.54) is 5.57 Å². The number of carbonyl (C=O) groups is 1. The first-order valence-electron chi connectivity index (χ1n) is 10.0. The van der Waals surface area contributed by atoms with Crippen molar-refractivity contribution >= 4 is 11.6 Å². The summed E-state index contributed by atoms with van der Waals surface area (Å²) in [6, 6.07) is 7.23. The summed E-state index contributed by atoms with van der Waals surface area (Å²) in [4.78, 5) is 33.7. The van der Waals surface area contributed by atoms with Crippen molar-refractivity contribution in [1.82, 2.24) is 19.2 Å². The average Bonchev–Trinajstić information content (AvgIpc) is 2.97. The lowest BCUT2D eigenvalue weighted by atomic mass is 9.77. The number of nitrogens with zero attached hydrogens (tertiary/aromatic N) is 4. The van der Waals surface area contributed by atoms with Crippen LogP contribution < -0.4 is 5.56 Å². The third-order valence-electron chi connectivity index (χ3n) is 6.05. The third-order valence-corrected chi connectivity index (χ3v) is 6.05. The molecule has 0 unspecified atom stereocenters. The summed E-state index contributed by atoms with van der Waals surface area (Å²) in [6.07, 6.45) is 6.60. The van der Waals surface area contributed by atoms with Crippen molar-refractivity contribution in [3.63, 3.8) is 0 Å². The molecule has 6 heteroatoms. The second-order valence-electron chi connectivity index (χ2n) is 8.52. The summed E-state index contributed by atoms with van der Waals surface area (Å²) in [5.74, 6) is 0.287. The van der Waals surface area contributed by atoms with Crippen LogP contribution in [-0.4, -0.2) is 51.3 Å². The Kier molecular flexibility index (Phi) is 5.06. The fourth-order valence-electron chi connectivity index (χ4n) is 4.37. The number of amides is 1. The Morgan fingerprint density at radius 1 is 1.21 bits per heavy atom. The number of rotatable bonds is 4. The smallest absolute Gasteiger partial charge is 0.258 e. The summed E-state index contributed by atoms with van der Waals surface area (Å²) in [7, 11) is 0. The van der Waals surface area contributed by atoms with E-state index in [0.29, 0.717) is 18.6 Å². The molecule has 0 aromatic carbocycles. The van der Waals surface area contributed by atoms with Gasteiger partial charge in [0.25, 0.3) is 5.56 Å².